The van der Waals surface area contributed by atoms with Gasteiger partial charge in [0.05, 0.1) is 17.5 Å². The summed E-state index contributed by atoms with van der Waals surface area (Å²) in [5.41, 5.74) is 0.577. The van der Waals surface area contributed by atoms with Crippen LogP contribution in [-0.2, 0) is 55.9 Å². The Morgan fingerprint density at radius 1 is 0.523 bits per heavy atom. The smallest absolute Gasteiger partial charge is 0.407 e. The quantitative estimate of drug-likeness (QED) is 0.0224. The highest BCUT2D eigenvalue weighted by Crippen LogP contribution is 2.37. The number of carboxylic acids is 1. The van der Waals surface area contributed by atoms with Gasteiger partial charge in [0, 0.05) is 105 Å². The SMILES string of the molecule is CCCN(C(=O)[C@@H](CC(=O)[C@H](NC)C(C)C)[C@@H](C)CC)[C@H](C[C@@H](OC(=O)NC)c1nc(C(=O)N[C@@H](Cc2ccccc2)CC(C)(C)C(C)=O)cs1)C(C)C.CCCN(C(=O)[C@@H](CC(=O)[C@H](NC)C(C)C)[C@@H](C)CC)[C@H](C[C@@H](OC(C)=O)c1nc(C(=O)N[C@@H](Cc2ccccc2)CC(C)(C)C(=O)O)cs1)C(C)C. The van der Waals surface area contributed by atoms with Crippen LogP contribution in [0, 0.1) is 58.2 Å². The zero-order valence-corrected chi connectivity index (χ0v) is 70.1. The molecule has 2 heterocycles. The Kier molecular flexibility index (Phi) is 40.1. The number of amides is 5. The van der Waals surface area contributed by atoms with Crippen molar-refractivity contribution < 1.29 is 62.5 Å². The van der Waals surface area contributed by atoms with Gasteiger partial charge in [0.15, 0.2) is 23.8 Å². The largest absolute Gasteiger partial charge is 0.481 e. The van der Waals surface area contributed by atoms with Gasteiger partial charge in [-0.15, -0.1) is 22.7 Å². The predicted octanol–water partition coefficient (Wildman–Crippen LogP) is 14.5. The first-order chi connectivity index (χ1) is 50.3. The fourth-order valence-corrected chi connectivity index (χ4v) is 15.5. The number of ether oxygens (including phenoxy) is 2. The third-order valence-corrected chi connectivity index (χ3v) is 22.6. The monoisotopic (exact) mass is 1530 g/mol. The molecule has 0 aliphatic heterocycles. The molecule has 2 aromatic carbocycles. The van der Waals surface area contributed by atoms with Crippen molar-refractivity contribution in [1.82, 2.24) is 46.4 Å². The van der Waals surface area contributed by atoms with Gasteiger partial charge in [0.2, 0.25) is 11.8 Å². The van der Waals surface area contributed by atoms with E-state index in [4.69, 9.17) is 14.5 Å². The summed E-state index contributed by atoms with van der Waals surface area (Å²) in [6, 6.07) is 17.1. The van der Waals surface area contributed by atoms with Gasteiger partial charge >= 0.3 is 18.0 Å². The number of esters is 1. The lowest BCUT2D eigenvalue weighted by Gasteiger charge is -2.39. The van der Waals surface area contributed by atoms with Gasteiger partial charge in [-0.2, -0.15) is 0 Å². The summed E-state index contributed by atoms with van der Waals surface area (Å²) in [5, 5.41) is 28.8. The van der Waals surface area contributed by atoms with E-state index >= 15 is 0 Å². The molecule has 0 fully saturated rings. The predicted molar refractivity (Wildman–Crippen MR) is 426 cm³/mol. The fraction of sp³-hybridized carbons (Fsp3) is 0.663. The number of Topliss-reactive ketones (excluding diaryl/α,β-unsaturated/α-hetero) is 3. The summed E-state index contributed by atoms with van der Waals surface area (Å²) < 4.78 is 11.8. The Hall–Kier alpha value is -7.28. The van der Waals surface area contributed by atoms with Crippen molar-refractivity contribution in [2.75, 3.05) is 34.2 Å². The van der Waals surface area contributed by atoms with Crippen LogP contribution in [0.15, 0.2) is 71.4 Å². The molecule has 24 heteroatoms. The van der Waals surface area contributed by atoms with Crippen molar-refractivity contribution in [3.05, 3.63) is 104 Å². The third kappa shape index (κ3) is 29.6. The maximum absolute atomic E-state index is 14.6. The van der Waals surface area contributed by atoms with Crippen LogP contribution in [-0.4, -0.2) is 154 Å². The molecule has 4 rings (SSSR count). The van der Waals surface area contributed by atoms with Crippen molar-refractivity contribution >= 4 is 81.7 Å². The molecule has 0 unspecified atom stereocenters. The number of carbonyl (C=O) groups is 10. The van der Waals surface area contributed by atoms with Crippen LogP contribution in [0.5, 0.6) is 0 Å². The number of carbonyl (C=O) groups excluding carboxylic acids is 9. The fourth-order valence-electron chi connectivity index (χ4n) is 13.8. The standard InChI is InChI=1S/C42H67N5O6S.C41H64N4O7S/c1-13-20-47(40(51)32(28(7)14-2)22-35(49)37(43-11)27(5)6)34(26(3)4)23-36(53-41(52)44-12)39-46-33(25-54-39)38(50)45-31(24-42(9,10)29(8)48)21-30-18-16-15-17-19-30;1-12-19-45(39(49)31(27(7)13-2)21-34(47)36(42-11)26(5)6)33(25(3)4)22-35(52-28(8)46)38-44-32(24-53-38)37(48)43-30(23-41(9,10)40(50)51)20-29-17-15-14-16-18-29/h15-19,25-28,31-32,34,36-37,43H,13-14,20-24H2,1-12H3,(H,44,52)(H,45,50);14-18,24-27,30-31,33,35-36,42H,12-13,19-23H2,1-11H3,(H,43,48)(H,50,51)/t28-,31-,32-,34+,36+,37+;27-,30-,31-,33+,35+,36+/m00/s1. The lowest BCUT2D eigenvalue weighted by molar-refractivity contribution is -0.150. The minimum Gasteiger partial charge on any atom is -0.481 e. The Bertz CT molecular complexity index is 3450. The van der Waals surface area contributed by atoms with E-state index in [0.717, 1.165) is 24.0 Å². The maximum Gasteiger partial charge on any atom is 0.407 e. The Balaban J connectivity index is 0.000000555. The Morgan fingerprint density at radius 2 is 0.888 bits per heavy atom. The molecule has 4 aromatic rings. The zero-order chi connectivity index (χ0) is 80.8. The molecule has 2 aromatic heterocycles. The van der Waals surface area contributed by atoms with E-state index in [2.05, 4.69) is 31.6 Å². The number of nitrogens with one attached hydrogen (secondary N) is 5. The first kappa shape index (κ1) is 93.9. The number of aromatic nitrogens is 2. The topological polar surface area (TPSA) is 302 Å². The van der Waals surface area contributed by atoms with Crippen LogP contribution in [0.3, 0.4) is 0 Å². The van der Waals surface area contributed by atoms with Gasteiger partial charge in [0.25, 0.3) is 11.8 Å². The second-order valence-corrected chi connectivity index (χ2v) is 33.4. The second-order valence-electron chi connectivity index (χ2n) is 31.6. The molecule has 6 N–H and O–H groups in total. The van der Waals surface area contributed by atoms with Gasteiger partial charge in [-0.05, 0) is 120 Å². The number of hydrogen-bond donors (Lipinski definition) is 6. The molecule has 0 spiro atoms. The van der Waals surface area contributed by atoms with Crippen LogP contribution >= 0.6 is 22.7 Å². The highest BCUT2D eigenvalue weighted by atomic mass is 32.1. The number of hydrogen-bond acceptors (Lipinski definition) is 18. The van der Waals surface area contributed by atoms with Crippen LogP contribution in [0.25, 0.3) is 0 Å². The van der Waals surface area contributed by atoms with Gasteiger partial charge in [-0.25, -0.2) is 14.8 Å². The van der Waals surface area contributed by atoms with E-state index in [0.29, 0.717) is 55.2 Å². The van der Waals surface area contributed by atoms with Gasteiger partial charge in [-0.3, -0.25) is 43.2 Å². The molecule has 0 saturated carbocycles. The summed E-state index contributed by atoms with van der Waals surface area (Å²) in [5.74, 6) is -3.36. The van der Waals surface area contributed by atoms with Gasteiger partial charge < -0.3 is 51.0 Å². The highest BCUT2D eigenvalue weighted by molar-refractivity contribution is 7.10. The average Bonchev–Trinajstić information content (AvgIpc) is 1.79. The summed E-state index contributed by atoms with van der Waals surface area (Å²) in [4.78, 5) is 146. The zero-order valence-electron chi connectivity index (χ0n) is 68.5. The molecule has 12 atom stereocenters. The van der Waals surface area contributed by atoms with E-state index in [-0.39, 0.29) is 144 Å². The summed E-state index contributed by atoms with van der Waals surface area (Å²) in [6.45, 7) is 39.1. The Labute approximate surface area is 647 Å². The van der Waals surface area contributed by atoms with Crippen LogP contribution in [0.2, 0.25) is 0 Å². The van der Waals surface area contributed by atoms with E-state index in [1.54, 1.807) is 45.6 Å². The van der Waals surface area contributed by atoms with Crippen LogP contribution in [0.4, 0.5) is 4.79 Å². The van der Waals surface area contributed by atoms with Crippen molar-refractivity contribution in [2.24, 2.45) is 58.2 Å². The number of ketones is 3. The average molecular weight is 1530 g/mol. The molecule has 0 aliphatic rings. The molecule has 5 amide bonds. The number of likely N-dealkylation sites (N-methyl/N-ethyl adjacent to an activating group) is 2. The second kappa shape index (κ2) is 45.6. The Morgan fingerprint density at radius 3 is 1.19 bits per heavy atom. The van der Waals surface area contributed by atoms with Crippen molar-refractivity contribution in [2.45, 2.75) is 264 Å². The van der Waals surface area contributed by atoms with Crippen molar-refractivity contribution in [3.63, 3.8) is 0 Å². The number of thiazole rings is 2. The summed E-state index contributed by atoms with van der Waals surface area (Å²) in [6.07, 6.45) is 2.94. The van der Waals surface area contributed by atoms with E-state index in [1.807, 2.05) is 181 Å². The first-order valence-electron chi connectivity index (χ1n) is 38.7. The maximum atomic E-state index is 14.6. The van der Waals surface area contributed by atoms with Crippen LogP contribution < -0.4 is 26.6 Å². The van der Waals surface area contributed by atoms with Crippen LogP contribution in [0.1, 0.15) is 257 Å². The third-order valence-electron chi connectivity index (χ3n) is 20.7. The number of aliphatic carboxylic acids is 1. The molecule has 0 radical (unpaired) electrons. The minimum atomic E-state index is -1.09. The molecule has 598 valence electrons. The summed E-state index contributed by atoms with van der Waals surface area (Å²) >= 11 is 2.42. The molecule has 107 heavy (non-hydrogen) atoms. The van der Waals surface area contributed by atoms with Gasteiger partial charge in [0.1, 0.15) is 27.2 Å². The number of rotatable bonds is 46. The highest BCUT2D eigenvalue weighted by Gasteiger charge is 2.42. The van der Waals surface area contributed by atoms with E-state index in [1.165, 1.54) is 36.6 Å². The van der Waals surface area contributed by atoms with E-state index in [9.17, 15) is 53.1 Å². The molecule has 0 bridgehead atoms. The molecular weight excluding hydrogens is 1400 g/mol. The van der Waals surface area contributed by atoms with Crippen molar-refractivity contribution in [3.8, 4) is 0 Å². The number of benzene rings is 2. The normalized spacial score (nSPS) is 15.2. The lowest BCUT2D eigenvalue weighted by Crippen LogP contribution is -2.50. The van der Waals surface area contributed by atoms with Gasteiger partial charge in [-0.1, -0.05) is 184 Å². The lowest BCUT2D eigenvalue weighted by atomic mass is 9.80. The number of alkyl carbamates (subject to hydrolysis) is 1. The number of nitrogens with zero attached hydrogens (tertiary/aromatic N) is 4. The minimum absolute atomic E-state index is 0.0163. The molecular formula is C83H131N9O13S2. The molecule has 0 aliphatic carbocycles. The first-order valence-corrected chi connectivity index (χ1v) is 40.4. The van der Waals surface area contributed by atoms with E-state index < -0.39 is 64.9 Å². The van der Waals surface area contributed by atoms with Crippen molar-refractivity contribution in [1.29, 1.82) is 0 Å². The molecule has 22 nitrogen and oxygen atoms in total. The number of carboxylic acid groups (broad SMARTS) is 1. The summed E-state index contributed by atoms with van der Waals surface area (Å²) in [7, 11) is 5.03. The molecule has 0 saturated heterocycles.